The van der Waals surface area contributed by atoms with Crippen LogP contribution in [0.4, 0.5) is 5.69 Å². The van der Waals surface area contributed by atoms with E-state index in [9.17, 15) is 14.7 Å². The van der Waals surface area contributed by atoms with Crippen molar-refractivity contribution < 1.29 is 19.4 Å². The van der Waals surface area contributed by atoms with Crippen molar-refractivity contribution in [3.8, 4) is 5.75 Å². The van der Waals surface area contributed by atoms with Gasteiger partial charge in [-0.3, -0.25) is 4.79 Å². The molecule has 0 aromatic heterocycles. The number of aromatic carboxylic acids is 1. The molecule has 2 heterocycles. The van der Waals surface area contributed by atoms with E-state index in [4.69, 9.17) is 4.74 Å². The van der Waals surface area contributed by atoms with E-state index in [2.05, 4.69) is 22.3 Å². The van der Waals surface area contributed by atoms with E-state index in [0.717, 1.165) is 56.7 Å². The Bertz CT molecular complexity index is 999. The van der Waals surface area contributed by atoms with Gasteiger partial charge < -0.3 is 25.0 Å². The molecule has 2 aliphatic heterocycles. The molecule has 0 radical (unpaired) electrons. The van der Waals surface area contributed by atoms with Gasteiger partial charge in [0.1, 0.15) is 5.75 Å². The minimum atomic E-state index is -0.991. The van der Waals surface area contributed by atoms with Gasteiger partial charge >= 0.3 is 5.97 Å². The number of ether oxygens (including phenoxy) is 1. The molecule has 1 atom stereocenters. The van der Waals surface area contributed by atoms with Crippen LogP contribution in [0.3, 0.4) is 0 Å². The van der Waals surface area contributed by atoms with E-state index >= 15 is 0 Å². The summed E-state index contributed by atoms with van der Waals surface area (Å²) in [6, 6.07) is 15.2. The molecule has 2 aromatic rings. The van der Waals surface area contributed by atoms with Gasteiger partial charge in [-0.2, -0.15) is 0 Å². The quantitative estimate of drug-likeness (QED) is 0.676. The summed E-state index contributed by atoms with van der Waals surface area (Å²) in [7, 11) is 0. The van der Waals surface area contributed by atoms with Gasteiger partial charge in [-0.05, 0) is 74.9 Å². The Balaban J connectivity index is 1.38. The normalized spacial score (nSPS) is 19.4. The van der Waals surface area contributed by atoms with Gasteiger partial charge in [-0.25, -0.2) is 4.79 Å². The third-order valence-corrected chi connectivity index (χ3v) is 6.85. The van der Waals surface area contributed by atoms with Crippen molar-refractivity contribution in [2.75, 3.05) is 44.2 Å². The molecule has 1 unspecified atom stereocenters. The van der Waals surface area contributed by atoms with Gasteiger partial charge in [0.05, 0.1) is 5.56 Å². The number of nitrogens with zero attached hydrogens (tertiary/aromatic N) is 2. The molecule has 2 saturated heterocycles. The predicted octanol–water partition coefficient (Wildman–Crippen LogP) is 3.75. The summed E-state index contributed by atoms with van der Waals surface area (Å²) in [5.74, 6) is -0.122. The highest BCUT2D eigenvalue weighted by atomic mass is 16.5. The Morgan fingerprint density at radius 2 is 1.68 bits per heavy atom. The van der Waals surface area contributed by atoms with Crippen LogP contribution in [0.1, 0.15) is 54.9 Å². The summed E-state index contributed by atoms with van der Waals surface area (Å²) in [6.07, 6.45) is 2.44. The number of carbonyl (C=O) groups excluding carboxylic acids is 1. The zero-order chi connectivity index (χ0) is 24.1. The van der Waals surface area contributed by atoms with Crippen LogP contribution in [0.15, 0.2) is 48.5 Å². The number of amides is 1. The maximum absolute atomic E-state index is 13.4. The van der Waals surface area contributed by atoms with E-state index in [-0.39, 0.29) is 11.8 Å². The Morgan fingerprint density at radius 1 is 0.971 bits per heavy atom. The zero-order valence-electron chi connectivity index (χ0n) is 20.1. The molecular weight excluding hydrogens is 430 g/mol. The first-order valence-electron chi connectivity index (χ1n) is 12.2. The van der Waals surface area contributed by atoms with Crippen LogP contribution in [-0.4, -0.2) is 66.8 Å². The highest BCUT2D eigenvalue weighted by Gasteiger charge is 2.35. The third kappa shape index (κ3) is 5.53. The number of carbonyl (C=O) groups is 2. The van der Waals surface area contributed by atoms with E-state index in [1.807, 2.05) is 43.0 Å². The molecule has 0 bridgehead atoms. The number of benzene rings is 2. The molecule has 2 fully saturated rings. The number of piperazine rings is 1. The van der Waals surface area contributed by atoms with Crippen molar-refractivity contribution in [2.24, 2.45) is 0 Å². The van der Waals surface area contributed by atoms with Crippen LogP contribution in [0.25, 0.3) is 0 Å². The van der Waals surface area contributed by atoms with Crippen molar-refractivity contribution >= 4 is 17.6 Å². The van der Waals surface area contributed by atoms with Gasteiger partial charge in [0.2, 0.25) is 0 Å². The maximum Gasteiger partial charge on any atom is 0.335 e. The average Bonchev–Trinajstić information content (AvgIpc) is 3.10. The van der Waals surface area contributed by atoms with Crippen molar-refractivity contribution in [1.82, 2.24) is 10.2 Å². The number of hydrogen-bond acceptors (Lipinski definition) is 5. The monoisotopic (exact) mass is 465 g/mol. The molecule has 34 heavy (non-hydrogen) atoms. The van der Waals surface area contributed by atoms with Crippen molar-refractivity contribution in [3.63, 3.8) is 0 Å². The van der Waals surface area contributed by atoms with Crippen LogP contribution < -0.4 is 15.0 Å². The number of hydrogen-bond donors (Lipinski definition) is 2. The van der Waals surface area contributed by atoms with E-state index in [1.54, 1.807) is 12.1 Å². The summed E-state index contributed by atoms with van der Waals surface area (Å²) in [5.41, 5.74) is 1.40. The Hall–Kier alpha value is -3.06. The molecule has 2 aromatic carbocycles. The second-order valence-corrected chi connectivity index (χ2v) is 9.66. The molecule has 0 aliphatic carbocycles. The third-order valence-electron chi connectivity index (χ3n) is 6.85. The fourth-order valence-electron chi connectivity index (χ4n) is 5.03. The molecular formula is C27H35N3O4. The Labute approximate surface area is 201 Å². The lowest BCUT2D eigenvalue weighted by Gasteiger charge is -2.32. The minimum absolute atomic E-state index is 0.0362. The first kappa shape index (κ1) is 24.1. The molecule has 1 amide bonds. The van der Waals surface area contributed by atoms with Crippen molar-refractivity contribution in [3.05, 3.63) is 59.7 Å². The van der Waals surface area contributed by atoms with Crippen LogP contribution in [0.5, 0.6) is 5.75 Å². The highest BCUT2D eigenvalue weighted by molar-refractivity contribution is 5.89. The summed E-state index contributed by atoms with van der Waals surface area (Å²) in [5, 5.41) is 12.9. The number of nitrogens with one attached hydrogen (secondary N) is 1. The molecule has 7 heteroatoms. The summed E-state index contributed by atoms with van der Waals surface area (Å²) in [4.78, 5) is 29.3. The lowest BCUT2D eigenvalue weighted by Crippen LogP contribution is -2.49. The van der Waals surface area contributed by atoms with Crippen molar-refractivity contribution in [1.29, 1.82) is 0 Å². The molecule has 182 valence electrons. The van der Waals surface area contributed by atoms with E-state index in [1.165, 1.54) is 0 Å². The lowest BCUT2D eigenvalue weighted by molar-refractivity contribution is -0.145. The molecule has 0 spiro atoms. The van der Waals surface area contributed by atoms with E-state index < -0.39 is 11.6 Å². The molecule has 0 saturated carbocycles. The number of carboxylic acid groups (broad SMARTS) is 1. The maximum atomic E-state index is 13.4. The first-order valence-corrected chi connectivity index (χ1v) is 12.2. The second-order valence-electron chi connectivity index (χ2n) is 9.66. The van der Waals surface area contributed by atoms with Gasteiger partial charge in [-0.15, -0.1) is 0 Å². The number of carboxylic acids is 1. The topological polar surface area (TPSA) is 82.1 Å². The van der Waals surface area contributed by atoms with E-state index in [0.29, 0.717) is 24.4 Å². The summed E-state index contributed by atoms with van der Waals surface area (Å²) in [6.45, 7) is 8.82. The largest absolute Gasteiger partial charge is 0.478 e. The van der Waals surface area contributed by atoms with Gasteiger partial charge in [-0.1, -0.05) is 18.2 Å². The second kappa shape index (κ2) is 10.5. The zero-order valence-corrected chi connectivity index (χ0v) is 20.1. The molecule has 4 rings (SSSR count). The molecule has 7 nitrogen and oxygen atoms in total. The van der Waals surface area contributed by atoms with Crippen LogP contribution in [0, 0.1) is 0 Å². The highest BCUT2D eigenvalue weighted by Crippen LogP contribution is 2.32. The van der Waals surface area contributed by atoms with Gasteiger partial charge in [0, 0.05) is 45.0 Å². The smallest absolute Gasteiger partial charge is 0.335 e. The number of likely N-dealkylation sites (tertiary alicyclic amines) is 1. The standard InChI is InChI=1S/C27H35N3O4/c1-27(2,34-22-11-9-21(10-12-22)29-18-14-28-15-19-29)26(33)30-16-5-6-20(13-17-30)23-7-3-4-8-24(23)25(31)32/h3-4,7-12,20,28H,5-6,13-19H2,1-2H3,(H,31,32). The number of anilines is 1. The van der Waals surface area contributed by atoms with Gasteiger partial charge in [0.15, 0.2) is 5.60 Å². The summed E-state index contributed by atoms with van der Waals surface area (Å²) >= 11 is 0. The minimum Gasteiger partial charge on any atom is -0.478 e. The fourth-order valence-corrected chi connectivity index (χ4v) is 5.03. The summed E-state index contributed by atoms with van der Waals surface area (Å²) < 4.78 is 6.16. The molecule has 2 N–H and O–H groups in total. The Morgan fingerprint density at radius 3 is 2.38 bits per heavy atom. The van der Waals surface area contributed by atoms with Gasteiger partial charge in [0.25, 0.3) is 5.91 Å². The SMILES string of the molecule is CC(C)(Oc1ccc(N2CCNCC2)cc1)C(=O)N1CCCC(c2ccccc2C(=O)O)CC1. The lowest BCUT2D eigenvalue weighted by atomic mass is 9.88. The molecule has 2 aliphatic rings. The van der Waals surface area contributed by atoms with Crippen LogP contribution in [-0.2, 0) is 4.79 Å². The van der Waals surface area contributed by atoms with Crippen LogP contribution >= 0.6 is 0 Å². The predicted molar refractivity (Wildman–Crippen MR) is 133 cm³/mol. The first-order chi connectivity index (χ1) is 16.3. The Kier molecular flexibility index (Phi) is 7.41. The average molecular weight is 466 g/mol. The number of rotatable bonds is 6. The fraction of sp³-hybridized carbons (Fsp3) is 0.481. The van der Waals surface area contributed by atoms with Crippen LogP contribution in [0.2, 0.25) is 0 Å². The van der Waals surface area contributed by atoms with Crippen molar-refractivity contribution in [2.45, 2.75) is 44.6 Å².